The van der Waals surface area contributed by atoms with E-state index < -0.39 is 5.60 Å². The molecule has 0 atom stereocenters. The van der Waals surface area contributed by atoms with Crippen molar-refractivity contribution < 1.29 is 9.53 Å². The lowest BCUT2D eigenvalue weighted by Crippen LogP contribution is -2.35. The van der Waals surface area contributed by atoms with Gasteiger partial charge in [-0.25, -0.2) is 4.79 Å². The third-order valence-corrected chi connectivity index (χ3v) is 2.18. The molecular formula is C13H20N2O2. The summed E-state index contributed by atoms with van der Waals surface area (Å²) in [5.41, 5.74) is 1.05. The average Bonchev–Trinajstić information content (AvgIpc) is 2.14. The first-order valence-electron chi connectivity index (χ1n) is 5.66. The molecule has 94 valence electrons. The normalized spacial score (nSPS) is 15.5. The van der Waals surface area contributed by atoms with E-state index in [-0.39, 0.29) is 6.09 Å². The Labute approximate surface area is 102 Å². The zero-order valence-electron chi connectivity index (χ0n) is 10.9. The minimum atomic E-state index is -0.473. The van der Waals surface area contributed by atoms with E-state index in [1.54, 1.807) is 19.2 Å². The predicted molar refractivity (Wildman–Crippen MR) is 68.4 cm³/mol. The maximum absolute atomic E-state index is 11.7. The maximum atomic E-state index is 11.7. The van der Waals surface area contributed by atoms with Gasteiger partial charge in [0.25, 0.3) is 0 Å². The van der Waals surface area contributed by atoms with Crippen LogP contribution in [0.3, 0.4) is 0 Å². The summed E-state index contributed by atoms with van der Waals surface area (Å²) in [6, 6.07) is 0. The van der Waals surface area contributed by atoms with Gasteiger partial charge in [0, 0.05) is 13.6 Å². The molecule has 1 N–H and O–H groups in total. The lowest BCUT2D eigenvalue weighted by Gasteiger charge is -2.25. The molecule has 0 bridgehead atoms. The topological polar surface area (TPSA) is 53.4 Å². The highest BCUT2D eigenvalue weighted by Crippen LogP contribution is 2.13. The van der Waals surface area contributed by atoms with Crippen LogP contribution in [0.4, 0.5) is 4.79 Å². The smallest absolute Gasteiger partial charge is 0.410 e. The summed E-state index contributed by atoms with van der Waals surface area (Å²) in [6.45, 7) is 6.03. The van der Waals surface area contributed by atoms with Crippen molar-refractivity contribution in [2.75, 3.05) is 13.6 Å². The number of ether oxygens (including phenoxy) is 1. The van der Waals surface area contributed by atoms with E-state index in [4.69, 9.17) is 10.1 Å². The van der Waals surface area contributed by atoms with Gasteiger partial charge in [-0.15, -0.1) is 0 Å². The molecule has 1 aliphatic rings. The van der Waals surface area contributed by atoms with E-state index in [1.165, 1.54) is 4.90 Å². The second-order valence-corrected chi connectivity index (χ2v) is 5.20. The summed E-state index contributed by atoms with van der Waals surface area (Å²) in [5.74, 6) is 0. The zero-order valence-corrected chi connectivity index (χ0v) is 10.9. The van der Waals surface area contributed by atoms with Crippen LogP contribution < -0.4 is 0 Å². The fraction of sp³-hybridized carbons (Fsp3) is 0.538. The Kier molecular flexibility index (Phi) is 4.10. The van der Waals surface area contributed by atoms with Crippen molar-refractivity contribution in [2.24, 2.45) is 0 Å². The van der Waals surface area contributed by atoms with Crippen LogP contribution in [0, 0.1) is 5.41 Å². The molecule has 1 aliphatic carbocycles. The minimum absolute atomic E-state index is 0.334. The van der Waals surface area contributed by atoms with Gasteiger partial charge >= 0.3 is 6.09 Å². The van der Waals surface area contributed by atoms with Gasteiger partial charge in [-0.2, -0.15) is 0 Å². The summed E-state index contributed by atoms with van der Waals surface area (Å²) in [5, 5.41) is 7.52. The number of amides is 1. The van der Waals surface area contributed by atoms with Crippen molar-refractivity contribution in [1.82, 2.24) is 4.90 Å². The summed E-state index contributed by atoms with van der Waals surface area (Å²) < 4.78 is 5.26. The van der Waals surface area contributed by atoms with E-state index in [0.717, 1.165) is 12.0 Å². The Morgan fingerprint density at radius 1 is 1.53 bits per heavy atom. The van der Waals surface area contributed by atoms with Crippen LogP contribution in [0.2, 0.25) is 0 Å². The van der Waals surface area contributed by atoms with Gasteiger partial charge in [-0.05, 0) is 44.9 Å². The molecule has 0 aromatic carbocycles. The first-order valence-corrected chi connectivity index (χ1v) is 5.66. The summed E-state index contributed by atoms with van der Waals surface area (Å²) >= 11 is 0. The van der Waals surface area contributed by atoms with Crippen molar-refractivity contribution in [1.29, 1.82) is 5.41 Å². The Bertz CT molecular complexity index is 375. The number of rotatable bonds is 2. The molecule has 1 rings (SSSR count). The Morgan fingerprint density at radius 2 is 2.18 bits per heavy atom. The molecule has 0 fully saturated rings. The monoisotopic (exact) mass is 236 g/mol. The van der Waals surface area contributed by atoms with Gasteiger partial charge in [-0.3, -0.25) is 0 Å². The van der Waals surface area contributed by atoms with Crippen LogP contribution in [0.1, 0.15) is 27.2 Å². The standard InChI is InChI=1S/C13H20N2O2/c1-13(2,3)17-12(16)15(4)9-10-6-5-7-11(14)8-10/h5,7-8,14H,6,9H2,1-4H3. The number of allylic oxidation sites excluding steroid dienone is 3. The Balaban J connectivity index is 2.52. The third kappa shape index (κ3) is 4.85. The molecule has 0 aromatic rings. The molecule has 0 radical (unpaired) electrons. The van der Waals surface area contributed by atoms with Gasteiger partial charge in [0.15, 0.2) is 0 Å². The number of hydrogen-bond donors (Lipinski definition) is 1. The molecule has 17 heavy (non-hydrogen) atoms. The van der Waals surface area contributed by atoms with Gasteiger partial charge in [0.05, 0.1) is 5.71 Å². The first kappa shape index (κ1) is 13.5. The molecule has 0 saturated heterocycles. The molecule has 0 heterocycles. The lowest BCUT2D eigenvalue weighted by molar-refractivity contribution is 0.0313. The fourth-order valence-corrected chi connectivity index (χ4v) is 1.48. The number of nitrogens with one attached hydrogen (secondary N) is 1. The number of carbonyl (C=O) groups is 1. The largest absolute Gasteiger partial charge is 0.444 e. The lowest BCUT2D eigenvalue weighted by atomic mass is 10.0. The van der Waals surface area contributed by atoms with Gasteiger partial charge in [0.1, 0.15) is 5.60 Å². The minimum Gasteiger partial charge on any atom is -0.444 e. The highest BCUT2D eigenvalue weighted by Gasteiger charge is 2.20. The van der Waals surface area contributed by atoms with E-state index in [0.29, 0.717) is 12.3 Å². The SMILES string of the molecule is CN(CC1=CC(=N)C=CC1)C(=O)OC(C)(C)C. The van der Waals surface area contributed by atoms with Gasteiger partial charge < -0.3 is 15.0 Å². The molecule has 4 heteroatoms. The number of likely N-dealkylation sites (N-methyl/N-ethyl adjacent to an activating group) is 1. The average molecular weight is 236 g/mol. The van der Waals surface area contributed by atoms with E-state index >= 15 is 0 Å². The van der Waals surface area contributed by atoms with E-state index in [9.17, 15) is 4.79 Å². The molecule has 0 aliphatic heterocycles. The van der Waals surface area contributed by atoms with Crippen molar-refractivity contribution >= 4 is 11.8 Å². The highest BCUT2D eigenvalue weighted by atomic mass is 16.6. The molecule has 0 aromatic heterocycles. The maximum Gasteiger partial charge on any atom is 0.410 e. The van der Waals surface area contributed by atoms with Crippen LogP contribution >= 0.6 is 0 Å². The van der Waals surface area contributed by atoms with E-state index in [1.807, 2.05) is 26.8 Å². The number of carbonyl (C=O) groups excluding carboxylic acids is 1. The molecule has 0 spiro atoms. The van der Waals surface area contributed by atoms with Crippen molar-refractivity contribution in [3.05, 3.63) is 23.8 Å². The predicted octanol–water partition coefficient (Wildman–Crippen LogP) is 2.76. The summed E-state index contributed by atoms with van der Waals surface area (Å²) in [4.78, 5) is 13.2. The van der Waals surface area contributed by atoms with Gasteiger partial charge in [-0.1, -0.05) is 6.08 Å². The quantitative estimate of drug-likeness (QED) is 0.801. The van der Waals surface area contributed by atoms with Crippen molar-refractivity contribution in [3.8, 4) is 0 Å². The highest BCUT2D eigenvalue weighted by molar-refractivity contribution is 6.03. The van der Waals surface area contributed by atoms with Crippen LogP contribution in [0.5, 0.6) is 0 Å². The van der Waals surface area contributed by atoms with Crippen LogP contribution in [0.15, 0.2) is 23.8 Å². The van der Waals surface area contributed by atoms with Crippen LogP contribution in [-0.4, -0.2) is 35.9 Å². The van der Waals surface area contributed by atoms with Gasteiger partial charge in [0.2, 0.25) is 0 Å². The van der Waals surface area contributed by atoms with Crippen molar-refractivity contribution in [3.63, 3.8) is 0 Å². The Hall–Kier alpha value is -1.58. The molecule has 0 unspecified atom stereocenters. The van der Waals surface area contributed by atoms with Crippen molar-refractivity contribution in [2.45, 2.75) is 32.8 Å². The first-order chi connectivity index (χ1) is 7.78. The number of nitrogens with zero attached hydrogens (tertiary/aromatic N) is 1. The second-order valence-electron chi connectivity index (χ2n) is 5.20. The number of hydrogen-bond acceptors (Lipinski definition) is 3. The van der Waals surface area contributed by atoms with Crippen LogP contribution in [-0.2, 0) is 4.74 Å². The molecular weight excluding hydrogens is 216 g/mol. The fourth-order valence-electron chi connectivity index (χ4n) is 1.48. The molecule has 0 saturated carbocycles. The zero-order chi connectivity index (χ0) is 13.1. The summed E-state index contributed by atoms with van der Waals surface area (Å²) in [7, 11) is 1.71. The van der Waals surface area contributed by atoms with E-state index in [2.05, 4.69) is 0 Å². The Morgan fingerprint density at radius 3 is 2.71 bits per heavy atom. The molecule has 4 nitrogen and oxygen atoms in total. The summed E-state index contributed by atoms with van der Waals surface area (Å²) in [6.07, 6.45) is 5.94. The molecule has 1 amide bonds. The van der Waals surface area contributed by atoms with Crippen LogP contribution in [0.25, 0.3) is 0 Å². The third-order valence-electron chi connectivity index (χ3n) is 2.18. The second kappa shape index (κ2) is 5.17.